The number of benzene rings is 1. The van der Waals surface area contributed by atoms with E-state index < -0.39 is 28.0 Å². The maximum atomic E-state index is 12.6. The zero-order valence-electron chi connectivity index (χ0n) is 14.9. The lowest BCUT2D eigenvalue weighted by Crippen LogP contribution is -2.53. The molecule has 144 valence electrons. The number of phenolic OH excluding ortho intramolecular Hbond substituents is 1. The minimum Gasteiger partial charge on any atom is -0.508 e. The summed E-state index contributed by atoms with van der Waals surface area (Å²) in [4.78, 5) is 24.8. The van der Waals surface area contributed by atoms with Gasteiger partial charge in [0.05, 0.1) is 11.5 Å². The first-order valence-corrected chi connectivity index (χ1v) is 10.4. The standard InChI is InChI=1S/C17H25N3O5S/c1-3-11(2)15(16(22)18-12-4-6-14(21)7-5-12)20-17(23)19-13-8-9-26(24,25)10-13/h4-7,11,13,15,21H,3,8-10H2,1-2H3,(H,18,22)(H2,19,20,23)/t11-,13?,15+/m0/s1. The fourth-order valence-corrected chi connectivity index (χ4v) is 4.42. The van der Waals surface area contributed by atoms with Crippen molar-refractivity contribution in [2.45, 2.75) is 38.8 Å². The Morgan fingerprint density at radius 1 is 1.27 bits per heavy atom. The number of rotatable bonds is 6. The van der Waals surface area contributed by atoms with Crippen LogP contribution in [-0.4, -0.2) is 49.1 Å². The van der Waals surface area contributed by atoms with Gasteiger partial charge in [0.15, 0.2) is 9.84 Å². The average molecular weight is 383 g/mol. The normalized spacial score (nSPS) is 20.8. The topological polar surface area (TPSA) is 125 Å². The van der Waals surface area contributed by atoms with E-state index in [1.54, 1.807) is 12.1 Å². The highest BCUT2D eigenvalue weighted by molar-refractivity contribution is 7.91. The van der Waals surface area contributed by atoms with Gasteiger partial charge in [-0.25, -0.2) is 13.2 Å². The number of aromatic hydroxyl groups is 1. The molecule has 1 aliphatic rings. The van der Waals surface area contributed by atoms with Crippen LogP contribution in [0, 0.1) is 5.92 Å². The molecule has 0 radical (unpaired) electrons. The fourth-order valence-electron chi connectivity index (χ4n) is 2.74. The van der Waals surface area contributed by atoms with E-state index in [9.17, 15) is 23.1 Å². The van der Waals surface area contributed by atoms with E-state index in [1.807, 2.05) is 13.8 Å². The fraction of sp³-hybridized carbons (Fsp3) is 0.529. The van der Waals surface area contributed by atoms with Gasteiger partial charge in [0.2, 0.25) is 5.91 Å². The molecule has 1 unspecified atom stereocenters. The summed E-state index contributed by atoms with van der Waals surface area (Å²) >= 11 is 0. The third kappa shape index (κ3) is 5.62. The number of phenols is 1. The van der Waals surface area contributed by atoms with Crippen molar-refractivity contribution in [1.82, 2.24) is 10.6 Å². The summed E-state index contributed by atoms with van der Waals surface area (Å²) in [7, 11) is -3.09. The molecule has 9 heteroatoms. The predicted octanol–water partition coefficient (Wildman–Crippen LogP) is 1.23. The van der Waals surface area contributed by atoms with E-state index in [4.69, 9.17) is 0 Å². The third-order valence-electron chi connectivity index (χ3n) is 4.48. The number of carbonyl (C=O) groups is 2. The van der Waals surface area contributed by atoms with Crippen LogP contribution >= 0.6 is 0 Å². The second kappa shape index (κ2) is 8.39. The Balaban J connectivity index is 1.98. The van der Waals surface area contributed by atoms with Gasteiger partial charge in [0, 0.05) is 11.7 Å². The molecule has 3 atom stereocenters. The van der Waals surface area contributed by atoms with Crippen molar-refractivity contribution < 1.29 is 23.1 Å². The lowest BCUT2D eigenvalue weighted by molar-refractivity contribution is -0.119. The van der Waals surface area contributed by atoms with Gasteiger partial charge in [-0.15, -0.1) is 0 Å². The molecule has 0 spiro atoms. The summed E-state index contributed by atoms with van der Waals surface area (Å²) in [5, 5.41) is 17.3. The molecule has 0 aliphatic carbocycles. The predicted molar refractivity (Wildman–Crippen MR) is 98.7 cm³/mol. The Hall–Kier alpha value is -2.29. The highest BCUT2D eigenvalue weighted by Gasteiger charge is 2.31. The molecule has 4 N–H and O–H groups in total. The summed E-state index contributed by atoms with van der Waals surface area (Å²) in [6, 6.07) is 4.26. The maximum absolute atomic E-state index is 12.6. The Morgan fingerprint density at radius 3 is 2.46 bits per heavy atom. The second-order valence-corrected chi connectivity index (χ2v) is 8.85. The Kier molecular flexibility index (Phi) is 6.47. The molecular weight excluding hydrogens is 358 g/mol. The zero-order chi connectivity index (χ0) is 19.3. The molecule has 1 aliphatic heterocycles. The molecule has 1 saturated heterocycles. The number of anilines is 1. The number of nitrogens with one attached hydrogen (secondary N) is 3. The van der Waals surface area contributed by atoms with Gasteiger partial charge in [-0.05, 0) is 36.6 Å². The molecule has 0 bridgehead atoms. The van der Waals surface area contributed by atoms with Gasteiger partial charge in [-0.3, -0.25) is 4.79 Å². The van der Waals surface area contributed by atoms with Crippen molar-refractivity contribution in [2.24, 2.45) is 5.92 Å². The Bertz CT molecular complexity index is 748. The van der Waals surface area contributed by atoms with E-state index in [0.717, 1.165) is 0 Å². The van der Waals surface area contributed by atoms with Crippen LogP contribution in [0.25, 0.3) is 0 Å². The number of urea groups is 1. The molecule has 0 aromatic heterocycles. The van der Waals surface area contributed by atoms with Gasteiger partial charge >= 0.3 is 6.03 Å². The minimum atomic E-state index is -3.09. The summed E-state index contributed by atoms with van der Waals surface area (Å²) in [6.45, 7) is 3.76. The van der Waals surface area contributed by atoms with Gasteiger partial charge in [-0.2, -0.15) is 0 Å². The first-order valence-electron chi connectivity index (χ1n) is 8.57. The van der Waals surface area contributed by atoms with Crippen molar-refractivity contribution in [3.8, 4) is 5.75 Å². The highest BCUT2D eigenvalue weighted by atomic mass is 32.2. The molecule has 2 rings (SSSR count). The number of amides is 3. The number of sulfone groups is 1. The largest absolute Gasteiger partial charge is 0.508 e. The van der Waals surface area contributed by atoms with Crippen LogP contribution < -0.4 is 16.0 Å². The molecule has 1 aromatic carbocycles. The van der Waals surface area contributed by atoms with Gasteiger partial charge < -0.3 is 21.1 Å². The summed E-state index contributed by atoms with van der Waals surface area (Å²) in [5.41, 5.74) is 0.505. The molecule has 8 nitrogen and oxygen atoms in total. The second-order valence-electron chi connectivity index (χ2n) is 6.62. The molecule has 1 heterocycles. The first kappa shape index (κ1) is 20.0. The molecule has 1 aromatic rings. The first-order chi connectivity index (χ1) is 12.2. The van der Waals surface area contributed by atoms with Crippen molar-refractivity contribution in [3.05, 3.63) is 24.3 Å². The van der Waals surface area contributed by atoms with Gasteiger partial charge in [-0.1, -0.05) is 20.3 Å². The summed E-state index contributed by atoms with van der Waals surface area (Å²) in [6.07, 6.45) is 1.05. The van der Waals surface area contributed by atoms with Crippen LogP contribution in [0.3, 0.4) is 0 Å². The monoisotopic (exact) mass is 383 g/mol. The highest BCUT2D eigenvalue weighted by Crippen LogP contribution is 2.16. The third-order valence-corrected chi connectivity index (χ3v) is 6.25. The quantitative estimate of drug-likeness (QED) is 0.550. The lowest BCUT2D eigenvalue weighted by Gasteiger charge is -2.24. The smallest absolute Gasteiger partial charge is 0.315 e. The van der Waals surface area contributed by atoms with Crippen molar-refractivity contribution >= 4 is 27.5 Å². The average Bonchev–Trinajstić information content (AvgIpc) is 2.92. The minimum absolute atomic E-state index is 0.0636. The van der Waals surface area contributed by atoms with Crippen molar-refractivity contribution in [2.75, 3.05) is 16.8 Å². The van der Waals surface area contributed by atoms with Crippen LogP contribution in [0.4, 0.5) is 10.5 Å². The molecule has 0 saturated carbocycles. The van der Waals surface area contributed by atoms with Crippen LogP contribution in [0.15, 0.2) is 24.3 Å². The van der Waals surface area contributed by atoms with Crippen molar-refractivity contribution in [3.63, 3.8) is 0 Å². The van der Waals surface area contributed by atoms with E-state index >= 15 is 0 Å². The number of hydrogen-bond acceptors (Lipinski definition) is 5. The molecule has 26 heavy (non-hydrogen) atoms. The van der Waals surface area contributed by atoms with Crippen LogP contribution in [0.2, 0.25) is 0 Å². The summed E-state index contributed by atoms with van der Waals surface area (Å²) < 4.78 is 23.0. The lowest BCUT2D eigenvalue weighted by atomic mass is 9.98. The van der Waals surface area contributed by atoms with Crippen LogP contribution in [-0.2, 0) is 14.6 Å². The Labute approximate surface area is 153 Å². The molecule has 1 fully saturated rings. The van der Waals surface area contributed by atoms with E-state index in [2.05, 4.69) is 16.0 Å². The Morgan fingerprint density at radius 2 is 1.92 bits per heavy atom. The van der Waals surface area contributed by atoms with Crippen LogP contribution in [0.1, 0.15) is 26.7 Å². The van der Waals surface area contributed by atoms with Crippen molar-refractivity contribution in [1.29, 1.82) is 0 Å². The van der Waals surface area contributed by atoms with E-state index in [0.29, 0.717) is 18.5 Å². The van der Waals surface area contributed by atoms with E-state index in [1.165, 1.54) is 12.1 Å². The van der Waals surface area contributed by atoms with E-state index in [-0.39, 0.29) is 29.1 Å². The molecular formula is C17H25N3O5S. The maximum Gasteiger partial charge on any atom is 0.315 e. The SMILES string of the molecule is CC[C@H](C)[C@@H](NC(=O)NC1CCS(=O)(=O)C1)C(=O)Nc1ccc(O)cc1. The summed E-state index contributed by atoms with van der Waals surface area (Å²) in [5.74, 6) is -0.419. The molecule has 3 amide bonds. The number of carbonyl (C=O) groups excluding carboxylic acids is 2. The van der Waals surface area contributed by atoms with Crippen LogP contribution in [0.5, 0.6) is 5.75 Å². The van der Waals surface area contributed by atoms with Gasteiger partial charge in [0.25, 0.3) is 0 Å². The zero-order valence-corrected chi connectivity index (χ0v) is 15.7. The number of hydrogen-bond donors (Lipinski definition) is 4. The van der Waals surface area contributed by atoms with Gasteiger partial charge in [0.1, 0.15) is 11.8 Å².